The highest BCUT2D eigenvalue weighted by Gasteiger charge is 2.39. The number of nitrogens with zero attached hydrogens (tertiary/aromatic N) is 3. The van der Waals surface area contributed by atoms with Gasteiger partial charge in [-0.25, -0.2) is 32.0 Å². The molecule has 1 aliphatic carbocycles. The topological polar surface area (TPSA) is 97.6 Å². The van der Waals surface area contributed by atoms with E-state index < -0.39 is 39.4 Å². The Morgan fingerprint density at radius 1 is 1.23 bits per heavy atom. The molecule has 1 aliphatic rings. The van der Waals surface area contributed by atoms with Gasteiger partial charge in [0, 0.05) is 18.9 Å². The standard InChI is InChI=1S/C24H37F2N5O3S/c1-15(30-35(33)23(5,6)7)17-12-19-28-18(14-31(19)27-13-17)20(29-21(32)34-22(2,3)4)16-8-10-24(25,26)11-9-16/h12-16,20,30H,8-11H2,1-7H3,(H,29,32)/t15-,20+,35+/m1/s1. The predicted octanol–water partition coefficient (Wildman–Crippen LogP) is 5.23. The summed E-state index contributed by atoms with van der Waals surface area (Å²) in [6.07, 6.45) is 2.83. The van der Waals surface area contributed by atoms with Crippen LogP contribution in [0.15, 0.2) is 18.5 Å². The van der Waals surface area contributed by atoms with Crippen molar-refractivity contribution < 1.29 is 22.5 Å². The van der Waals surface area contributed by atoms with Crippen molar-refractivity contribution in [2.75, 3.05) is 0 Å². The monoisotopic (exact) mass is 513 g/mol. The van der Waals surface area contributed by atoms with Crippen LogP contribution in [0.1, 0.15) is 97.5 Å². The minimum absolute atomic E-state index is 0.207. The highest BCUT2D eigenvalue weighted by molar-refractivity contribution is 7.84. The lowest BCUT2D eigenvalue weighted by Gasteiger charge is -2.33. The van der Waals surface area contributed by atoms with Gasteiger partial charge in [0.25, 0.3) is 0 Å². The fourth-order valence-corrected chi connectivity index (χ4v) is 4.78. The van der Waals surface area contributed by atoms with E-state index in [1.54, 1.807) is 37.7 Å². The minimum Gasteiger partial charge on any atom is -0.444 e. The Hall–Kier alpha value is -2.14. The number of aromatic nitrogens is 3. The van der Waals surface area contributed by atoms with Crippen molar-refractivity contribution in [1.29, 1.82) is 0 Å². The van der Waals surface area contributed by atoms with Crippen LogP contribution in [-0.2, 0) is 15.7 Å². The Bertz CT molecular complexity index is 1070. The van der Waals surface area contributed by atoms with Gasteiger partial charge in [-0.05, 0) is 78.9 Å². The number of hydrogen-bond acceptors (Lipinski definition) is 5. The lowest BCUT2D eigenvalue weighted by atomic mass is 9.81. The molecule has 0 radical (unpaired) electrons. The summed E-state index contributed by atoms with van der Waals surface area (Å²) in [5.74, 6) is -2.89. The van der Waals surface area contributed by atoms with Gasteiger partial charge >= 0.3 is 6.09 Å². The number of halogens is 2. The Morgan fingerprint density at radius 2 is 1.86 bits per heavy atom. The fourth-order valence-electron chi connectivity index (χ4n) is 3.97. The number of carbonyl (C=O) groups excluding carboxylic acids is 1. The van der Waals surface area contributed by atoms with Gasteiger partial charge in [-0.2, -0.15) is 5.10 Å². The second-order valence-corrected chi connectivity index (χ2v) is 13.3. The number of imidazole rings is 1. The molecule has 0 spiro atoms. The fraction of sp³-hybridized carbons (Fsp3) is 0.708. The molecule has 2 N–H and O–H groups in total. The van der Waals surface area contributed by atoms with E-state index in [0.717, 1.165) is 5.56 Å². The van der Waals surface area contributed by atoms with Crippen LogP contribution in [0.4, 0.5) is 13.6 Å². The molecule has 3 rings (SSSR count). The third-order valence-corrected chi connectivity index (χ3v) is 7.60. The zero-order valence-corrected chi connectivity index (χ0v) is 22.3. The summed E-state index contributed by atoms with van der Waals surface area (Å²) in [4.78, 5) is 17.3. The molecular weight excluding hydrogens is 476 g/mol. The van der Waals surface area contributed by atoms with Crippen LogP contribution in [0.5, 0.6) is 0 Å². The maximum Gasteiger partial charge on any atom is 0.408 e. The molecule has 8 nitrogen and oxygen atoms in total. The molecule has 0 saturated heterocycles. The van der Waals surface area contributed by atoms with Crippen LogP contribution in [-0.4, -0.2) is 41.2 Å². The number of carbonyl (C=O) groups is 1. The second-order valence-electron chi connectivity index (χ2n) is 11.3. The molecule has 2 aromatic rings. The van der Waals surface area contributed by atoms with Gasteiger partial charge in [0.2, 0.25) is 5.92 Å². The van der Waals surface area contributed by atoms with Gasteiger partial charge < -0.3 is 10.1 Å². The average Bonchev–Trinajstić information content (AvgIpc) is 3.13. The quantitative estimate of drug-likeness (QED) is 0.551. The van der Waals surface area contributed by atoms with E-state index in [2.05, 4.69) is 20.1 Å². The predicted molar refractivity (Wildman–Crippen MR) is 131 cm³/mol. The van der Waals surface area contributed by atoms with Crippen molar-refractivity contribution in [3.05, 3.63) is 29.7 Å². The van der Waals surface area contributed by atoms with Gasteiger partial charge in [0.1, 0.15) is 5.60 Å². The molecule has 11 heteroatoms. The van der Waals surface area contributed by atoms with E-state index in [-0.39, 0.29) is 37.6 Å². The van der Waals surface area contributed by atoms with Crippen LogP contribution in [0.3, 0.4) is 0 Å². The summed E-state index contributed by atoms with van der Waals surface area (Å²) in [6.45, 7) is 12.9. The Balaban J connectivity index is 1.87. The Morgan fingerprint density at radius 3 is 2.43 bits per heavy atom. The number of ether oxygens (including phenoxy) is 1. The van der Waals surface area contributed by atoms with Crippen molar-refractivity contribution in [3.63, 3.8) is 0 Å². The SMILES string of the molecule is C[C@@H](N[S@@](=O)C(C)(C)C)c1cnn2cc([C@@H](NC(=O)OC(C)(C)C)C3CCC(F)(F)CC3)nc2c1. The molecule has 0 unspecified atom stereocenters. The molecule has 2 aromatic heterocycles. The van der Waals surface area contributed by atoms with E-state index in [1.807, 2.05) is 33.8 Å². The average molecular weight is 514 g/mol. The number of hydrogen-bond donors (Lipinski definition) is 2. The summed E-state index contributed by atoms with van der Waals surface area (Å²) >= 11 is 0. The minimum atomic E-state index is -2.68. The number of alkyl carbamates (subject to hydrolysis) is 1. The lowest BCUT2D eigenvalue weighted by molar-refractivity contribution is -0.0500. The van der Waals surface area contributed by atoms with Crippen molar-refractivity contribution >= 4 is 22.7 Å². The summed E-state index contributed by atoms with van der Waals surface area (Å²) in [6, 6.07) is 1.02. The first kappa shape index (κ1) is 27.4. The van der Waals surface area contributed by atoms with Gasteiger partial charge in [-0.3, -0.25) is 0 Å². The number of amides is 1. The normalized spacial score (nSPS) is 19.8. The molecule has 1 saturated carbocycles. The molecule has 1 amide bonds. The zero-order valence-electron chi connectivity index (χ0n) is 21.5. The van der Waals surface area contributed by atoms with Crippen LogP contribution < -0.4 is 10.0 Å². The summed E-state index contributed by atoms with van der Waals surface area (Å²) < 4.78 is 49.8. The van der Waals surface area contributed by atoms with Crippen LogP contribution in [0, 0.1) is 5.92 Å². The summed E-state index contributed by atoms with van der Waals surface area (Å²) in [5.41, 5.74) is 1.19. The van der Waals surface area contributed by atoms with Gasteiger partial charge in [-0.1, -0.05) is 0 Å². The van der Waals surface area contributed by atoms with E-state index in [4.69, 9.17) is 4.74 Å². The maximum atomic E-state index is 13.8. The van der Waals surface area contributed by atoms with Gasteiger partial charge in [0.15, 0.2) is 5.65 Å². The Kier molecular flexibility index (Phi) is 7.91. The van der Waals surface area contributed by atoms with Gasteiger partial charge in [0.05, 0.1) is 39.9 Å². The van der Waals surface area contributed by atoms with Crippen molar-refractivity contribution in [2.24, 2.45) is 5.92 Å². The van der Waals surface area contributed by atoms with E-state index in [9.17, 15) is 17.8 Å². The molecular formula is C24H37F2N5O3S. The van der Waals surface area contributed by atoms with Crippen molar-refractivity contribution in [1.82, 2.24) is 24.6 Å². The first-order valence-electron chi connectivity index (χ1n) is 11.9. The molecule has 3 atom stereocenters. The number of nitrogens with one attached hydrogen (secondary N) is 2. The largest absolute Gasteiger partial charge is 0.444 e. The molecule has 196 valence electrons. The van der Waals surface area contributed by atoms with Gasteiger partial charge in [-0.15, -0.1) is 0 Å². The highest BCUT2D eigenvalue weighted by Crippen LogP contribution is 2.41. The lowest BCUT2D eigenvalue weighted by Crippen LogP contribution is -2.40. The molecule has 1 fully saturated rings. The van der Waals surface area contributed by atoms with Crippen molar-refractivity contribution in [2.45, 2.75) is 103 Å². The highest BCUT2D eigenvalue weighted by atomic mass is 32.2. The maximum absolute atomic E-state index is 13.8. The Labute approximate surface area is 208 Å². The smallest absolute Gasteiger partial charge is 0.408 e. The molecule has 0 aromatic carbocycles. The first-order chi connectivity index (χ1) is 16.0. The van der Waals surface area contributed by atoms with Crippen molar-refractivity contribution in [3.8, 4) is 0 Å². The van der Waals surface area contributed by atoms with E-state index in [0.29, 0.717) is 11.3 Å². The van der Waals surface area contributed by atoms with Crippen LogP contribution in [0.25, 0.3) is 5.65 Å². The molecule has 2 heterocycles. The number of rotatable bonds is 6. The van der Waals surface area contributed by atoms with Crippen LogP contribution >= 0.6 is 0 Å². The number of alkyl halides is 2. The molecule has 35 heavy (non-hydrogen) atoms. The number of fused-ring (bicyclic) bond motifs is 1. The summed E-state index contributed by atoms with van der Waals surface area (Å²) in [7, 11) is -1.26. The summed E-state index contributed by atoms with van der Waals surface area (Å²) in [5, 5.41) is 7.30. The van der Waals surface area contributed by atoms with Crippen LogP contribution in [0.2, 0.25) is 0 Å². The molecule has 0 aliphatic heterocycles. The van der Waals surface area contributed by atoms with E-state index >= 15 is 0 Å². The molecule has 0 bridgehead atoms. The first-order valence-corrected chi connectivity index (χ1v) is 13.1. The third kappa shape index (κ3) is 7.42. The third-order valence-electron chi connectivity index (χ3n) is 5.92. The zero-order chi connectivity index (χ0) is 26.2. The van der Waals surface area contributed by atoms with E-state index in [1.165, 1.54) is 0 Å². The second kappa shape index (κ2) is 10.1.